The molecule has 246 valence electrons. The van der Waals surface area contributed by atoms with E-state index in [0.717, 1.165) is 27.9 Å². The second kappa shape index (κ2) is 11.7. The summed E-state index contributed by atoms with van der Waals surface area (Å²) in [5, 5.41) is 2.47. The van der Waals surface area contributed by atoms with E-state index in [4.69, 9.17) is 15.0 Å². The fraction of sp³-hybridized carbons (Fsp3) is 0.0625. The van der Waals surface area contributed by atoms with Crippen molar-refractivity contribution in [2.24, 2.45) is 0 Å². The highest BCUT2D eigenvalue weighted by Crippen LogP contribution is 2.55. The van der Waals surface area contributed by atoms with Crippen LogP contribution in [0.1, 0.15) is 25.0 Å². The Balaban J connectivity index is 1.27. The van der Waals surface area contributed by atoms with Crippen LogP contribution in [0.5, 0.6) is 0 Å². The third-order valence-corrected chi connectivity index (χ3v) is 10.6. The second-order valence-electron chi connectivity index (χ2n) is 14.0. The molecule has 0 saturated carbocycles. The van der Waals surface area contributed by atoms with E-state index in [2.05, 4.69) is 128 Å². The molecule has 0 saturated heterocycles. The van der Waals surface area contributed by atoms with Crippen molar-refractivity contribution in [3.8, 4) is 62.1 Å². The van der Waals surface area contributed by atoms with Gasteiger partial charge >= 0.3 is 0 Å². The lowest BCUT2D eigenvalue weighted by atomic mass is 9.81. The minimum absolute atomic E-state index is 0.187. The molecule has 1 aliphatic rings. The number of rotatable bonds is 5. The molecule has 4 heteroatoms. The lowest BCUT2D eigenvalue weighted by molar-refractivity contribution is 0.661. The molecule has 0 spiro atoms. The number of nitrogens with zero attached hydrogens (tertiary/aromatic N) is 4. The highest BCUT2D eigenvalue weighted by molar-refractivity contribution is 6.21. The maximum atomic E-state index is 5.07. The molecular formula is C48H34N4. The van der Waals surface area contributed by atoms with Gasteiger partial charge in [0.05, 0.1) is 11.0 Å². The van der Waals surface area contributed by atoms with Crippen molar-refractivity contribution in [1.29, 1.82) is 0 Å². The van der Waals surface area contributed by atoms with E-state index >= 15 is 0 Å². The Hall–Kier alpha value is -6.65. The largest absolute Gasteiger partial charge is 0.309 e. The molecule has 0 amide bonds. The van der Waals surface area contributed by atoms with Gasteiger partial charge in [0.1, 0.15) is 0 Å². The second-order valence-corrected chi connectivity index (χ2v) is 14.0. The Morgan fingerprint density at radius 2 is 0.981 bits per heavy atom. The van der Waals surface area contributed by atoms with Crippen molar-refractivity contribution >= 4 is 21.8 Å². The zero-order valence-electron chi connectivity index (χ0n) is 29.0. The van der Waals surface area contributed by atoms with Crippen molar-refractivity contribution in [3.05, 3.63) is 181 Å². The zero-order chi connectivity index (χ0) is 34.8. The van der Waals surface area contributed by atoms with E-state index in [9.17, 15) is 0 Å². The van der Waals surface area contributed by atoms with E-state index in [1.54, 1.807) is 0 Å². The van der Waals surface area contributed by atoms with Crippen molar-refractivity contribution in [1.82, 2.24) is 19.5 Å². The average Bonchev–Trinajstić information content (AvgIpc) is 3.67. The van der Waals surface area contributed by atoms with E-state index in [0.29, 0.717) is 17.5 Å². The van der Waals surface area contributed by atoms with Gasteiger partial charge in [0.25, 0.3) is 0 Å². The standard InChI is InChI=1S/C48H34N4/c1-48(2)39-27-14-12-25-36(39)43-40(48)30-38(42-37-26-13-15-28-41(37)52(44(42)43)35-23-10-5-11-24-35)33-21-16-22-34(29-33)47-50-45(31-17-6-3-7-18-31)49-46(51-47)32-19-8-4-9-20-32/h3-30H,1-2H3. The molecule has 0 atom stereocenters. The fourth-order valence-corrected chi connectivity index (χ4v) is 8.16. The van der Waals surface area contributed by atoms with E-state index in [-0.39, 0.29) is 5.41 Å². The first-order valence-corrected chi connectivity index (χ1v) is 17.8. The van der Waals surface area contributed by atoms with Crippen LogP contribution in [0.25, 0.3) is 83.9 Å². The number of hydrogen-bond acceptors (Lipinski definition) is 3. The highest BCUT2D eigenvalue weighted by atomic mass is 15.0. The van der Waals surface area contributed by atoms with Gasteiger partial charge in [-0.05, 0) is 58.1 Å². The summed E-state index contributed by atoms with van der Waals surface area (Å²) in [6.07, 6.45) is 0. The molecule has 0 fully saturated rings. The predicted octanol–water partition coefficient (Wildman–Crippen LogP) is 11.9. The normalized spacial score (nSPS) is 13.0. The van der Waals surface area contributed by atoms with Gasteiger partial charge in [-0.3, -0.25) is 0 Å². The van der Waals surface area contributed by atoms with Gasteiger partial charge < -0.3 is 4.57 Å². The van der Waals surface area contributed by atoms with Crippen LogP contribution in [0.4, 0.5) is 0 Å². The van der Waals surface area contributed by atoms with Crippen LogP contribution < -0.4 is 0 Å². The van der Waals surface area contributed by atoms with Crippen LogP contribution in [0.3, 0.4) is 0 Å². The van der Waals surface area contributed by atoms with Crippen molar-refractivity contribution in [3.63, 3.8) is 0 Å². The van der Waals surface area contributed by atoms with Crippen LogP contribution in [0, 0.1) is 0 Å². The van der Waals surface area contributed by atoms with Crippen LogP contribution in [-0.2, 0) is 5.41 Å². The summed E-state index contributed by atoms with van der Waals surface area (Å²) in [4.78, 5) is 15.1. The summed E-state index contributed by atoms with van der Waals surface area (Å²) in [6, 6.07) is 60.0. The topological polar surface area (TPSA) is 43.6 Å². The van der Waals surface area contributed by atoms with Crippen LogP contribution in [-0.4, -0.2) is 19.5 Å². The van der Waals surface area contributed by atoms with Crippen molar-refractivity contribution in [2.45, 2.75) is 19.3 Å². The van der Waals surface area contributed by atoms with Gasteiger partial charge in [0.15, 0.2) is 17.5 Å². The monoisotopic (exact) mass is 666 g/mol. The SMILES string of the molecule is CC1(C)c2ccccc2-c2c1cc(-c1cccc(-c3nc(-c4ccccc4)nc(-c4ccccc4)n3)c1)c1c3ccccc3n(-c3ccccc3)c21. The van der Waals surface area contributed by atoms with E-state index < -0.39 is 0 Å². The maximum absolute atomic E-state index is 5.07. The minimum atomic E-state index is -0.187. The molecule has 52 heavy (non-hydrogen) atoms. The molecule has 0 unspecified atom stereocenters. The predicted molar refractivity (Wildman–Crippen MR) is 213 cm³/mol. The van der Waals surface area contributed by atoms with Crippen LogP contribution >= 0.6 is 0 Å². The number of aromatic nitrogens is 4. The van der Waals surface area contributed by atoms with E-state index in [1.807, 2.05) is 60.7 Å². The first kappa shape index (κ1) is 30.2. The maximum Gasteiger partial charge on any atom is 0.164 e. The number of hydrogen-bond donors (Lipinski definition) is 0. The number of fused-ring (bicyclic) bond motifs is 7. The zero-order valence-corrected chi connectivity index (χ0v) is 29.0. The third-order valence-electron chi connectivity index (χ3n) is 10.6. The molecule has 2 aromatic heterocycles. The molecule has 7 aromatic carbocycles. The summed E-state index contributed by atoms with van der Waals surface area (Å²) in [6.45, 7) is 4.72. The lowest BCUT2D eigenvalue weighted by Crippen LogP contribution is -2.15. The van der Waals surface area contributed by atoms with Crippen molar-refractivity contribution in [2.75, 3.05) is 0 Å². The smallest absolute Gasteiger partial charge is 0.164 e. The van der Waals surface area contributed by atoms with Crippen LogP contribution in [0.2, 0.25) is 0 Å². The molecule has 9 aromatic rings. The quantitative estimate of drug-likeness (QED) is 0.184. The Morgan fingerprint density at radius 3 is 1.67 bits per heavy atom. The van der Waals surface area contributed by atoms with E-state index in [1.165, 1.54) is 49.6 Å². The molecular weight excluding hydrogens is 633 g/mol. The molecule has 0 radical (unpaired) electrons. The van der Waals surface area contributed by atoms with Gasteiger partial charge in [-0.2, -0.15) is 0 Å². The number of benzene rings is 7. The Bertz CT molecular complexity index is 2740. The summed E-state index contributed by atoms with van der Waals surface area (Å²) >= 11 is 0. The average molecular weight is 667 g/mol. The van der Waals surface area contributed by atoms with Gasteiger partial charge in [0, 0.05) is 44.1 Å². The molecule has 0 aliphatic heterocycles. The van der Waals surface area contributed by atoms with Crippen molar-refractivity contribution < 1.29 is 0 Å². The highest BCUT2D eigenvalue weighted by Gasteiger charge is 2.38. The first-order chi connectivity index (χ1) is 25.6. The Labute approximate surface area is 302 Å². The van der Waals surface area contributed by atoms with Gasteiger partial charge in [0.2, 0.25) is 0 Å². The van der Waals surface area contributed by atoms with Gasteiger partial charge in [-0.25, -0.2) is 15.0 Å². The summed E-state index contributed by atoms with van der Waals surface area (Å²) in [7, 11) is 0. The lowest BCUT2D eigenvalue weighted by Gasteiger charge is -2.23. The minimum Gasteiger partial charge on any atom is -0.309 e. The molecule has 0 N–H and O–H groups in total. The summed E-state index contributed by atoms with van der Waals surface area (Å²) in [5.41, 5.74) is 13.9. The first-order valence-electron chi connectivity index (χ1n) is 17.8. The van der Waals surface area contributed by atoms with Gasteiger partial charge in [-0.1, -0.05) is 153 Å². The Kier molecular flexibility index (Phi) is 6.80. The summed E-state index contributed by atoms with van der Waals surface area (Å²) in [5.74, 6) is 1.95. The molecule has 1 aliphatic carbocycles. The summed E-state index contributed by atoms with van der Waals surface area (Å²) < 4.78 is 2.47. The number of para-hydroxylation sites is 2. The fourth-order valence-electron chi connectivity index (χ4n) is 8.16. The molecule has 0 bridgehead atoms. The molecule has 4 nitrogen and oxygen atoms in total. The third kappa shape index (κ3) is 4.65. The van der Waals surface area contributed by atoms with Gasteiger partial charge in [-0.15, -0.1) is 0 Å². The Morgan fingerprint density at radius 1 is 0.442 bits per heavy atom. The van der Waals surface area contributed by atoms with Crippen LogP contribution in [0.15, 0.2) is 170 Å². The molecule has 2 heterocycles. The molecule has 10 rings (SSSR count).